The molecule has 0 saturated heterocycles. The second kappa shape index (κ2) is 9.78. The maximum Gasteiger partial charge on any atom is 0.251 e. The Bertz CT molecular complexity index is 282. The zero-order chi connectivity index (χ0) is 15.7. The molecular formula is C12H24N2O6. The summed E-state index contributed by atoms with van der Waals surface area (Å²) in [6, 6.07) is 0. The lowest BCUT2D eigenvalue weighted by atomic mass is 9.97. The van der Waals surface area contributed by atoms with Crippen LogP contribution in [0.15, 0.2) is 0 Å². The van der Waals surface area contributed by atoms with Crippen molar-refractivity contribution in [2.45, 2.75) is 50.6 Å². The number of carbonyl (C=O) groups excluding carboxylic acids is 2. The van der Waals surface area contributed by atoms with E-state index in [1.54, 1.807) is 0 Å². The van der Waals surface area contributed by atoms with Crippen molar-refractivity contribution in [3.8, 4) is 0 Å². The highest BCUT2D eigenvalue weighted by molar-refractivity contribution is 5.84. The van der Waals surface area contributed by atoms with Gasteiger partial charge in [-0.15, -0.1) is 0 Å². The lowest BCUT2D eigenvalue weighted by molar-refractivity contribution is -0.154. The van der Waals surface area contributed by atoms with Crippen molar-refractivity contribution in [2.24, 2.45) is 5.73 Å². The first-order valence-corrected chi connectivity index (χ1v) is 6.59. The molecule has 0 aromatic rings. The molecule has 0 heterocycles. The van der Waals surface area contributed by atoms with Crippen LogP contribution in [0.1, 0.15) is 26.2 Å². The molecule has 0 fully saturated rings. The molecule has 0 aliphatic heterocycles. The van der Waals surface area contributed by atoms with E-state index in [4.69, 9.17) is 5.73 Å². The van der Waals surface area contributed by atoms with E-state index in [9.17, 15) is 30.0 Å². The summed E-state index contributed by atoms with van der Waals surface area (Å²) in [5, 5.41) is 40.5. The lowest BCUT2D eigenvalue weighted by Crippen LogP contribution is -2.53. The maximum absolute atomic E-state index is 11.5. The number of aliphatic hydroxyl groups is 4. The van der Waals surface area contributed by atoms with Crippen LogP contribution in [-0.4, -0.2) is 69.6 Å². The zero-order valence-electron chi connectivity index (χ0n) is 11.5. The first kappa shape index (κ1) is 18.9. The van der Waals surface area contributed by atoms with Crippen molar-refractivity contribution in [1.29, 1.82) is 0 Å². The SMILES string of the molecule is CCCCC(=O)[C@H](O)[C@@H](O)[C@@H](O)[C@H](O)C(=O)NCCN. The summed E-state index contributed by atoms with van der Waals surface area (Å²) >= 11 is 0. The van der Waals surface area contributed by atoms with Gasteiger partial charge in [-0.25, -0.2) is 0 Å². The molecule has 4 atom stereocenters. The van der Waals surface area contributed by atoms with E-state index < -0.39 is 36.1 Å². The number of aliphatic hydroxyl groups excluding tert-OH is 4. The molecule has 0 aliphatic carbocycles. The van der Waals surface area contributed by atoms with E-state index in [1.165, 1.54) is 0 Å². The summed E-state index contributed by atoms with van der Waals surface area (Å²) in [5.41, 5.74) is 5.15. The highest BCUT2D eigenvalue weighted by Crippen LogP contribution is 2.09. The van der Waals surface area contributed by atoms with E-state index in [0.29, 0.717) is 6.42 Å². The number of rotatable bonds is 10. The molecule has 118 valence electrons. The third-order valence-corrected chi connectivity index (χ3v) is 2.82. The van der Waals surface area contributed by atoms with E-state index >= 15 is 0 Å². The summed E-state index contributed by atoms with van der Waals surface area (Å²) in [4.78, 5) is 22.9. The molecule has 7 N–H and O–H groups in total. The van der Waals surface area contributed by atoms with Gasteiger partial charge in [-0.1, -0.05) is 13.3 Å². The molecule has 0 radical (unpaired) electrons. The van der Waals surface area contributed by atoms with E-state index in [-0.39, 0.29) is 19.5 Å². The Kier molecular flexibility index (Phi) is 9.26. The van der Waals surface area contributed by atoms with Gasteiger partial charge in [0.2, 0.25) is 0 Å². The predicted molar refractivity (Wildman–Crippen MR) is 70.6 cm³/mol. The van der Waals surface area contributed by atoms with Gasteiger partial charge in [0, 0.05) is 19.5 Å². The first-order chi connectivity index (χ1) is 9.36. The van der Waals surface area contributed by atoms with Gasteiger partial charge in [-0.05, 0) is 6.42 Å². The number of nitrogens with one attached hydrogen (secondary N) is 1. The third-order valence-electron chi connectivity index (χ3n) is 2.82. The van der Waals surface area contributed by atoms with Crippen LogP contribution in [0, 0.1) is 0 Å². The quantitative estimate of drug-likeness (QED) is 0.255. The molecule has 0 aromatic heterocycles. The topological polar surface area (TPSA) is 153 Å². The normalized spacial score (nSPS) is 17.1. The number of unbranched alkanes of at least 4 members (excludes halogenated alkanes) is 1. The van der Waals surface area contributed by atoms with E-state index in [1.807, 2.05) is 6.92 Å². The number of Topliss-reactive ketones (excluding diaryl/α,β-unsaturated/α-hetero) is 1. The van der Waals surface area contributed by atoms with E-state index in [2.05, 4.69) is 5.32 Å². The molecule has 8 nitrogen and oxygen atoms in total. The number of ketones is 1. The predicted octanol–water partition coefficient (Wildman–Crippen LogP) is -2.74. The Morgan fingerprint density at radius 1 is 1.10 bits per heavy atom. The van der Waals surface area contributed by atoms with Crippen molar-refractivity contribution in [2.75, 3.05) is 13.1 Å². The smallest absolute Gasteiger partial charge is 0.251 e. The van der Waals surface area contributed by atoms with Gasteiger partial charge in [0.05, 0.1) is 0 Å². The van der Waals surface area contributed by atoms with Gasteiger partial charge in [0.25, 0.3) is 5.91 Å². The fraction of sp³-hybridized carbons (Fsp3) is 0.833. The third kappa shape index (κ3) is 5.93. The Hall–Kier alpha value is -1.06. The molecule has 0 aromatic carbocycles. The molecule has 0 unspecified atom stereocenters. The van der Waals surface area contributed by atoms with Crippen LogP contribution in [-0.2, 0) is 9.59 Å². The second-order valence-corrected chi connectivity index (χ2v) is 4.52. The average Bonchev–Trinajstić information content (AvgIpc) is 2.46. The average molecular weight is 292 g/mol. The van der Waals surface area contributed by atoms with Crippen molar-refractivity contribution in [3.05, 3.63) is 0 Å². The number of amides is 1. The van der Waals surface area contributed by atoms with Crippen LogP contribution in [0.3, 0.4) is 0 Å². The van der Waals surface area contributed by atoms with Crippen LogP contribution < -0.4 is 11.1 Å². The Labute approximate surface area is 117 Å². The minimum atomic E-state index is -1.96. The summed E-state index contributed by atoms with van der Waals surface area (Å²) in [6.07, 6.45) is -6.36. The Morgan fingerprint density at radius 3 is 2.15 bits per heavy atom. The molecular weight excluding hydrogens is 268 g/mol. The monoisotopic (exact) mass is 292 g/mol. The Balaban J connectivity index is 4.46. The Morgan fingerprint density at radius 2 is 1.65 bits per heavy atom. The molecule has 0 aliphatic rings. The molecule has 0 spiro atoms. The van der Waals surface area contributed by atoms with Crippen molar-refractivity contribution in [3.63, 3.8) is 0 Å². The number of nitrogens with two attached hydrogens (primary N) is 1. The molecule has 20 heavy (non-hydrogen) atoms. The van der Waals surface area contributed by atoms with Crippen molar-refractivity contribution < 1.29 is 30.0 Å². The fourth-order valence-corrected chi connectivity index (χ4v) is 1.52. The lowest BCUT2D eigenvalue weighted by Gasteiger charge is -2.25. The van der Waals surface area contributed by atoms with Gasteiger partial charge >= 0.3 is 0 Å². The highest BCUT2D eigenvalue weighted by Gasteiger charge is 2.36. The molecule has 0 rings (SSSR count). The first-order valence-electron chi connectivity index (χ1n) is 6.59. The number of hydrogen-bond donors (Lipinski definition) is 6. The van der Waals surface area contributed by atoms with Gasteiger partial charge < -0.3 is 31.5 Å². The minimum absolute atomic E-state index is 0.0525. The molecule has 0 saturated carbocycles. The fourth-order valence-electron chi connectivity index (χ4n) is 1.52. The van der Waals surface area contributed by atoms with Crippen LogP contribution in [0.4, 0.5) is 0 Å². The van der Waals surface area contributed by atoms with Crippen LogP contribution in [0.25, 0.3) is 0 Å². The number of carbonyl (C=O) groups is 2. The molecule has 8 heteroatoms. The largest absolute Gasteiger partial charge is 0.387 e. The minimum Gasteiger partial charge on any atom is -0.387 e. The zero-order valence-corrected chi connectivity index (χ0v) is 11.5. The van der Waals surface area contributed by atoms with Gasteiger partial charge in [-0.2, -0.15) is 0 Å². The summed E-state index contributed by atoms with van der Waals surface area (Å²) < 4.78 is 0. The van der Waals surface area contributed by atoms with Gasteiger partial charge in [0.1, 0.15) is 18.3 Å². The van der Waals surface area contributed by atoms with Crippen molar-refractivity contribution in [1.82, 2.24) is 5.32 Å². The summed E-state index contributed by atoms with van der Waals surface area (Å²) in [5.74, 6) is -1.58. The maximum atomic E-state index is 11.5. The standard InChI is InChI=1S/C12H24N2O6/c1-2-3-4-7(15)8(16)9(17)10(18)11(19)12(20)14-6-5-13/h8-11,16-19H,2-6,13H2,1H3,(H,14,20)/t8-,9+,10+,11-/m0/s1. The van der Waals surface area contributed by atoms with Gasteiger partial charge in [-0.3, -0.25) is 9.59 Å². The van der Waals surface area contributed by atoms with Crippen LogP contribution in [0.5, 0.6) is 0 Å². The van der Waals surface area contributed by atoms with E-state index in [0.717, 1.165) is 6.42 Å². The van der Waals surface area contributed by atoms with Crippen molar-refractivity contribution >= 4 is 11.7 Å². The van der Waals surface area contributed by atoms with Gasteiger partial charge in [0.15, 0.2) is 11.9 Å². The van der Waals surface area contributed by atoms with Crippen LogP contribution >= 0.6 is 0 Å². The summed E-state index contributed by atoms with van der Waals surface area (Å²) in [6.45, 7) is 2.10. The highest BCUT2D eigenvalue weighted by atomic mass is 16.4. The second-order valence-electron chi connectivity index (χ2n) is 4.52. The van der Waals surface area contributed by atoms with Crippen LogP contribution in [0.2, 0.25) is 0 Å². The molecule has 1 amide bonds. The molecule has 0 bridgehead atoms. The number of hydrogen-bond acceptors (Lipinski definition) is 7. The summed E-state index contributed by atoms with van der Waals surface area (Å²) in [7, 11) is 0.